The van der Waals surface area contributed by atoms with Gasteiger partial charge in [0.2, 0.25) is 0 Å². The summed E-state index contributed by atoms with van der Waals surface area (Å²) in [5, 5.41) is 9.63. The molecule has 1 fully saturated rings. The number of ether oxygens (including phenoxy) is 1. The normalized spacial score (nSPS) is 18.1. The molecule has 0 radical (unpaired) electrons. The molecule has 0 atom stereocenters. The number of benzene rings is 1. The van der Waals surface area contributed by atoms with Gasteiger partial charge in [0.1, 0.15) is 5.75 Å². The first-order valence-corrected chi connectivity index (χ1v) is 4.77. The maximum absolute atomic E-state index is 9.63. The third-order valence-electron chi connectivity index (χ3n) is 2.22. The summed E-state index contributed by atoms with van der Waals surface area (Å²) in [6, 6.07) is 5.33. The smallest absolute Gasteiger partial charge is 0.121 e. The standard InChI is InChI=1S/C9H10BrNO2.ClH/c10-6-1-2-7(8(12)3-6)9(11)4-13-5-9;/h1-3,12H,4-5,11H2;1H. The monoisotopic (exact) mass is 279 g/mol. The number of hydrogen-bond acceptors (Lipinski definition) is 3. The lowest BCUT2D eigenvalue weighted by molar-refractivity contribution is -0.0578. The second-order valence-electron chi connectivity index (χ2n) is 3.31. The lowest BCUT2D eigenvalue weighted by atomic mass is 9.89. The Hall–Kier alpha value is -0.290. The average molecular weight is 281 g/mol. The fraction of sp³-hybridized carbons (Fsp3) is 0.333. The minimum Gasteiger partial charge on any atom is -0.508 e. The van der Waals surface area contributed by atoms with Crippen LogP contribution >= 0.6 is 28.3 Å². The Kier molecular flexibility index (Phi) is 3.42. The highest BCUT2D eigenvalue weighted by Crippen LogP contribution is 2.34. The van der Waals surface area contributed by atoms with Gasteiger partial charge in [0, 0.05) is 10.0 Å². The van der Waals surface area contributed by atoms with E-state index in [0.29, 0.717) is 13.2 Å². The van der Waals surface area contributed by atoms with Crippen molar-refractivity contribution >= 4 is 28.3 Å². The van der Waals surface area contributed by atoms with Crippen molar-refractivity contribution in [2.75, 3.05) is 13.2 Å². The first-order valence-electron chi connectivity index (χ1n) is 3.97. The van der Waals surface area contributed by atoms with Crippen LogP contribution in [0.5, 0.6) is 5.75 Å². The summed E-state index contributed by atoms with van der Waals surface area (Å²) in [5.74, 6) is 0.222. The Morgan fingerprint density at radius 3 is 2.50 bits per heavy atom. The Morgan fingerprint density at radius 2 is 2.07 bits per heavy atom. The maximum Gasteiger partial charge on any atom is 0.121 e. The van der Waals surface area contributed by atoms with Crippen LogP contribution in [0.1, 0.15) is 5.56 Å². The average Bonchev–Trinajstić information content (AvgIpc) is 2.00. The van der Waals surface area contributed by atoms with Crippen molar-refractivity contribution in [3.05, 3.63) is 28.2 Å². The molecular weight excluding hydrogens is 269 g/mol. The summed E-state index contributed by atoms with van der Waals surface area (Å²) in [5.41, 5.74) is 6.23. The van der Waals surface area contributed by atoms with Crippen molar-refractivity contribution < 1.29 is 9.84 Å². The number of halogens is 2. The van der Waals surface area contributed by atoms with Crippen LogP contribution in [0, 0.1) is 0 Å². The third-order valence-corrected chi connectivity index (χ3v) is 2.71. The minimum atomic E-state index is -0.495. The molecule has 0 saturated carbocycles. The van der Waals surface area contributed by atoms with Crippen LogP contribution < -0.4 is 5.73 Å². The highest BCUT2D eigenvalue weighted by atomic mass is 79.9. The molecule has 0 bridgehead atoms. The molecule has 1 saturated heterocycles. The first kappa shape index (κ1) is 11.8. The van der Waals surface area contributed by atoms with Gasteiger partial charge in [0.15, 0.2) is 0 Å². The van der Waals surface area contributed by atoms with Gasteiger partial charge in [0.05, 0.1) is 18.8 Å². The first-order chi connectivity index (χ1) is 6.12. The molecule has 1 aliphatic heterocycles. The lowest BCUT2D eigenvalue weighted by Gasteiger charge is -2.38. The van der Waals surface area contributed by atoms with Crippen molar-refractivity contribution in [1.29, 1.82) is 0 Å². The molecule has 0 spiro atoms. The zero-order chi connectivity index (χ0) is 9.47. The van der Waals surface area contributed by atoms with Gasteiger partial charge in [-0.15, -0.1) is 12.4 Å². The van der Waals surface area contributed by atoms with Crippen molar-refractivity contribution in [1.82, 2.24) is 0 Å². The molecule has 0 aliphatic carbocycles. The molecule has 1 heterocycles. The Bertz CT molecular complexity index is 342. The number of nitrogens with two attached hydrogens (primary N) is 1. The summed E-state index contributed by atoms with van der Waals surface area (Å²) < 4.78 is 5.87. The topological polar surface area (TPSA) is 55.5 Å². The summed E-state index contributed by atoms with van der Waals surface area (Å²) in [4.78, 5) is 0. The van der Waals surface area contributed by atoms with E-state index in [0.717, 1.165) is 10.0 Å². The van der Waals surface area contributed by atoms with Gasteiger partial charge in [-0.3, -0.25) is 0 Å². The van der Waals surface area contributed by atoms with E-state index in [2.05, 4.69) is 15.9 Å². The van der Waals surface area contributed by atoms with Gasteiger partial charge in [-0.1, -0.05) is 22.0 Å². The molecule has 3 nitrogen and oxygen atoms in total. The van der Waals surface area contributed by atoms with Gasteiger partial charge in [0.25, 0.3) is 0 Å². The second kappa shape index (κ2) is 4.06. The molecule has 3 N–H and O–H groups in total. The molecule has 1 aliphatic rings. The molecule has 5 heteroatoms. The van der Waals surface area contributed by atoms with Crippen LogP contribution in [-0.2, 0) is 10.3 Å². The highest BCUT2D eigenvalue weighted by molar-refractivity contribution is 9.10. The van der Waals surface area contributed by atoms with Crippen molar-refractivity contribution in [2.45, 2.75) is 5.54 Å². The maximum atomic E-state index is 9.63. The van der Waals surface area contributed by atoms with Gasteiger partial charge in [-0.2, -0.15) is 0 Å². The third kappa shape index (κ3) is 1.88. The number of aromatic hydroxyl groups is 1. The van der Waals surface area contributed by atoms with Crippen LogP contribution in [0.4, 0.5) is 0 Å². The molecular formula is C9H11BrClNO2. The van der Waals surface area contributed by atoms with Gasteiger partial charge in [-0.25, -0.2) is 0 Å². The predicted molar refractivity (Wildman–Crippen MR) is 59.7 cm³/mol. The zero-order valence-electron chi connectivity index (χ0n) is 7.37. The summed E-state index contributed by atoms with van der Waals surface area (Å²) >= 11 is 3.27. The van der Waals surface area contributed by atoms with Crippen LogP contribution in [0.3, 0.4) is 0 Å². The van der Waals surface area contributed by atoms with Gasteiger partial charge >= 0.3 is 0 Å². The molecule has 14 heavy (non-hydrogen) atoms. The number of rotatable bonds is 1. The van der Waals surface area contributed by atoms with Crippen LogP contribution in [0.2, 0.25) is 0 Å². The van der Waals surface area contributed by atoms with E-state index < -0.39 is 5.54 Å². The zero-order valence-corrected chi connectivity index (χ0v) is 9.77. The summed E-state index contributed by atoms with van der Waals surface area (Å²) in [6.45, 7) is 0.949. The largest absolute Gasteiger partial charge is 0.508 e. The molecule has 78 valence electrons. The van der Waals surface area contributed by atoms with Gasteiger partial charge in [-0.05, 0) is 12.1 Å². The van der Waals surface area contributed by atoms with Crippen LogP contribution in [0.25, 0.3) is 0 Å². The molecule has 0 amide bonds. The SMILES string of the molecule is Cl.NC1(c2ccc(Br)cc2O)COC1. The molecule has 1 aromatic rings. The van der Waals surface area contributed by atoms with E-state index >= 15 is 0 Å². The number of hydrogen-bond donors (Lipinski definition) is 2. The molecule has 2 rings (SSSR count). The fourth-order valence-corrected chi connectivity index (χ4v) is 1.75. The van der Waals surface area contributed by atoms with Crippen LogP contribution in [-0.4, -0.2) is 18.3 Å². The van der Waals surface area contributed by atoms with E-state index in [1.165, 1.54) is 0 Å². The van der Waals surface area contributed by atoms with E-state index in [1.807, 2.05) is 12.1 Å². The molecule has 1 aromatic carbocycles. The minimum absolute atomic E-state index is 0. The summed E-state index contributed by atoms with van der Waals surface area (Å²) in [7, 11) is 0. The van der Waals surface area contributed by atoms with Crippen LogP contribution in [0.15, 0.2) is 22.7 Å². The molecule has 0 unspecified atom stereocenters. The van der Waals surface area contributed by atoms with E-state index in [1.54, 1.807) is 6.07 Å². The van der Waals surface area contributed by atoms with E-state index in [-0.39, 0.29) is 18.2 Å². The highest BCUT2D eigenvalue weighted by Gasteiger charge is 2.37. The molecule has 0 aromatic heterocycles. The van der Waals surface area contributed by atoms with E-state index in [9.17, 15) is 5.11 Å². The lowest BCUT2D eigenvalue weighted by Crippen LogP contribution is -2.54. The number of phenolic OH excluding ortho intramolecular Hbond substituents is 1. The summed E-state index contributed by atoms with van der Waals surface area (Å²) in [6.07, 6.45) is 0. The van der Waals surface area contributed by atoms with Gasteiger partial charge < -0.3 is 15.6 Å². The quantitative estimate of drug-likeness (QED) is 0.824. The van der Waals surface area contributed by atoms with Crippen molar-refractivity contribution in [3.8, 4) is 5.75 Å². The Labute approximate surface area is 96.8 Å². The Morgan fingerprint density at radius 1 is 1.43 bits per heavy atom. The van der Waals surface area contributed by atoms with Crippen molar-refractivity contribution in [2.24, 2.45) is 5.73 Å². The second-order valence-corrected chi connectivity index (χ2v) is 4.23. The van der Waals surface area contributed by atoms with E-state index in [4.69, 9.17) is 10.5 Å². The predicted octanol–water partition coefficient (Wildman–Crippen LogP) is 1.76. The Balaban J connectivity index is 0.000000980. The number of phenols is 1. The van der Waals surface area contributed by atoms with Crippen molar-refractivity contribution in [3.63, 3.8) is 0 Å². The fourth-order valence-electron chi connectivity index (χ4n) is 1.40.